The fraction of sp³-hybridized carbons (Fsp3) is 0.150. The Morgan fingerprint density at radius 1 is 1.13 bits per heavy atom. The van der Waals surface area contributed by atoms with Crippen molar-refractivity contribution in [3.05, 3.63) is 66.6 Å². The zero-order valence-electron chi connectivity index (χ0n) is 15.6. The molecule has 1 atom stereocenters. The number of hydrogen-bond donors (Lipinski definition) is 1. The van der Waals surface area contributed by atoms with Crippen LogP contribution in [0.2, 0.25) is 0 Å². The molecule has 1 N–H and O–H groups in total. The molecule has 158 valence electrons. The summed E-state index contributed by atoms with van der Waals surface area (Å²) in [5.74, 6) is -0.685. The van der Waals surface area contributed by atoms with Crippen LogP contribution in [0, 0.1) is 5.82 Å². The Balaban J connectivity index is 1.48. The summed E-state index contributed by atoms with van der Waals surface area (Å²) in [6, 6.07) is 8.34. The lowest BCUT2D eigenvalue weighted by atomic mass is 10.0. The SMILES string of the molecule is O=C1OCC(c2ccc(-c3cn(C(F)(F)F)cn3)cc2F)N1c1ccc2nc[nH]c2c1. The average Bonchev–Trinajstić information content (AvgIpc) is 3.46. The molecule has 7 nitrogen and oxygen atoms in total. The van der Waals surface area contributed by atoms with Gasteiger partial charge in [-0.1, -0.05) is 12.1 Å². The predicted octanol–water partition coefficient (Wildman–Crippen LogP) is 4.74. The minimum atomic E-state index is -4.61. The number of carbonyl (C=O) groups excluding carboxylic acids is 1. The molecule has 4 aromatic rings. The number of amides is 1. The monoisotopic (exact) mass is 431 g/mol. The fourth-order valence-electron chi connectivity index (χ4n) is 3.58. The smallest absolute Gasteiger partial charge is 0.447 e. The van der Waals surface area contributed by atoms with Gasteiger partial charge >= 0.3 is 12.4 Å². The van der Waals surface area contributed by atoms with E-state index >= 15 is 0 Å². The van der Waals surface area contributed by atoms with E-state index < -0.39 is 24.3 Å². The molecule has 3 heterocycles. The normalized spacial score (nSPS) is 16.8. The molecule has 0 aliphatic carbocycles. The van der Waals surface area contributed by atoms with Crippen molar-refractivity contribution >= 4 is 22.8 Å². The van der Waals surface area contributed by atoms with Gasteiger partial charge in [-0.15, -0.1) is 13.2 Å². The van der Waals surface area contributed by atoms with Crippen LogP contribution in [0.15, 0.2) is 55.2 Å². The second kappa shape index (κ2) is 6.83. The summed E-state index contributed by atoms with van der Waals surface area (Å²) in [4.78, 5) is 24.5. The quantitative estimate of drug-likeness (QED) is 0.476. The molecule has 0 bridgehead atoms. The molecule has 5 rings (SSSR count). The lowest BCUT2D eigenvalue weighted by Crippen LogP contribution is -2.27. The molecule has 2 aromatic heterocycles. The maximum atomic E-state index is 15.0. The number of aromatic amines is 1. The van der Waals surface area contributed by atoms with Crippen LogP contribution in [0.3, 0.4) is 0 Å². The van der Waals surface area contributed by atoms with E-state index in [1.165, 1.54) is 23.4 Å². The van der Waals surface area contributed by atoms with E-state index in [0.29, 0.717) is 23.0 Å². The van der Waals surface area contributed by atoms with Crippen LogP contribution in [0.25, 0.3) is 22.3 Å². The molecule has 1 unspecified atom stereocenters. The van der Waals surface area contributed by atoms with E-state index in [9.17, 15) is 22.4 Å². The van der Waals surface area contributed by atoms with Gasteiger partial charge in [-0.3, -0.25) is 4.90 Å². The van der Waals surface area contributed by atoms with E-state index in [-0.39, 0.29) is 28.0 Å². The molecule has 0 radical (unpaired) electrons. The number of cyclic esters (lactones) is 1. The Bertz CT molecular complexity index is 1300. The first kappa shape index (κ1) is 19.1. The van der Waals surface area contributed by atoms with Crippen molar-refractivity contribution in [1.29, 1.82) is 0 Å². The molecule has 1 amide bonds. The number of nitrogens with one attached hydrogen (secondary N) is 1. The number of anilines is 1. The number of H-pyrrole nitrogens is 1. The van der Waals surface area contributed by atoms with Crippen molar-refractivity contribution < 1.29 is 27.1 Å². The molecule has 2 aromatic carbocycles. The molecule has 0 saturated carbocycles. The van der Waals surface area contributed by atoms with Crippen LogP contribution in [-0.4, -0.2) is 32.2 Å². The van der Waals surface area contributed by atoms with E-state index in [1.807, 2.05) is 0 Å². The van der Waals surface area contributed by atoms with Crippen LogP contribution in [0.5, 0.6) is 0 Å². The summed E-state index contributed by atoms with van der Waals surface area (Å²) < 4.78 is 58.4. The van der Waals surface area contributed by atoms with Gasteiger partial charge in [0.05, 0.1) is 28.7 Å². The molecule has 1 saturated heterocycles. The zero-order chi connectivity index (χ0) is 21.8. The number of carbonyl (C=O) groups is 1. The van der Waals surface area contributed by atoms with Crippen molar-refractivity contribution in [2.45, 2.75) is 12.3 Å². The number of ether oxygens (including phenoxy) is 1. The van der Waals surface area contributed by atoms with Crippen molar-refractivity contribution in [1.82, 2.24) is 19.5 Å². The summed E-state index contributed by atoms with van der Waals surface area (Å²) in [6.07, 6.45) is -2.31. The molecule has 1 aliphatic rings. The Labute approximate surface area is 171 Å². The summed E-state index contributed by atoms with van der Waals surface area (Å²) in [5, 5.41) is 0. The molecule has 1 fully saturated rings. The summed E-state index contributed by atoms with van der Waals surface area (Å²) in [5.41, 5.74) is 2.24. The number of aromatic nitrogens is 4. The van der Waals surface area contributed by atoms with E-state index in [4.69, 9.17) is 4.74 Å². The number of imidazole rings is 2. The highest BCUT2D eigenvalue weighted by Crippen LogP contribution is 2.36. The molecular formula is C20H13F4N5O2. The summed E-state index contributed by atoms with van der Waals surface area (Å²) in [7, 11) is 0. The third-order valence-corrected chi connectivity index (χ3v) is 5.09. The molecule has 31 heavy (non-hydrogen) atoms. The number of fused-ring (bicyclic) bond motifs is 1. The fourth-order valence-corrected chi connectivity index (χ4v) is 3.58. The highest BCUT2D eigenvalue weighted by atomic mass is 19.4. The van der Waals surface area contributed by atoms with Gasteiger partial charge < -0.3 is 9.72 Å². The van der Waals surface area contributed by atoms with Gasteiger partial charge in [-0.25, -0.2) is 23.7 Å². The second-order valence-corrected chi connectivity index (χ2v) is 6.94. The number of alkyl halides is 3. The van der Waals surface area contributed by atoms with Crippen LogP contribution in [0.4, 0.5) is 28.0 Å². The number of rotatable bonds is 3. The van der Waals surface area contributed by atoms with Crippen molar-refractivity contribution in [2.24, 2.45) is 0 Å². The van der Waals surface area contributed by atoms with Gasteiger partial charge in [0, 0.05) is 17.3 Å². The first-order valence-electron chi connectivity index (χ1n) is 9.11. The number of nitrogens with zero attached hydrogens (tertiary/aromatic N) is 4. The number of halogens is 4. The van der Waals surface area contributed by atoms with E-state index in [1.54, 1.807) is 18.2 Å². The lowest BCUT2D eigenvalue weighted by Gasteiger charge is -2.22. The van der Waals surface area contributed by atoms with Crippen LogP contribution in [-0.2, 0) is 11.0 Å². The Kier molecular flexibility index (Phi) is 4.20. The maximum absolute atomic E-state index is 15.0. The summed E-state index contributed by atoms with van der Waals surface area (Å²) in [6.45, 7) is -0.0706. The Hall–Kier alpha value is -3.89. The van der Waals surface area contributed by atoms with Gasteiger partial charge in [0.25, 0.3) is 0 Å². The molecule has 11 heteroatoms. The zero-order valence-corrected chi connectivity index (χ0v) is 15.6. The molecular weight excluding hydrogens is 418 g/mol. The second-order valence-electron chi connectivity index (χ2n) is 6.94. The van der Waals surface area contributed by atoms with E-state index in [2.05, 4.69) is 15.0 Å². The van der Waals surface area contributed by atoms with Crippen LogP contribution >= 0.6 is 0 Å². The Morgan fingerprint density at radius 2 is 1.97 bits per heavy atom. The lowest BCUT2D eigenvalue weighted by molar-refractivity contribution is -0.204. The summed E-state index contributed by atoms with van der Waals surface area (Å²) >= 11 is 0. The maximum Gasteiger partial charge on any atom is 0.489 e. The van der Waals surface area contributed by atoms with Gasteiger partial charge in [-0.05, 0) is 24.3 Å². The first-order valence-corrected chi connectivity index (χ1v) is 9.11. The average molecular weight is 431 g/mol. The standard InChI is InChI=1S/C20H13F4N5O2/c21-14-5-11(17-7-28(10-27-17)20(22,23)24)1-3-13(14)18-8-31-19(30)29(18)12-2-4-15-16(6-12)26-9-25-15/h1-7,9-10,18H,8H2,(H,25,26). The minimum Gasteiger partial charge on any atom is -0.447 e. The Morgan fingerprint density at radius 3 is 2.71 bits per heavy atom. The van der Waals surface area contributed by atoms with Gasteiger partial charge in [0.15, 0.2) is 0 Å². The van der Waals surface area contributed by atoms with Crippen LogP contribution < -0.4 is 4.90 Å². The first-order chi connectivity index (χ1) is 14.8. The van der Waals surface area contributed by atoms with Gasteiger partial charge in [0.1, 0.15) is 24.8 Å². The number of hydrogen-bond acceptors (Lipinski definition) is 4. The van der Waals surface area contributed by atoms with E-state index in [0.717, 1.165) is 12.3 Å². The number of benzene rings is 2. The van der Waals surface area contributed by atoms with Gasteiger partial charge in [-0.2, -0.15) is 0 Å². The van der Waals surface area contributed by atoms with Crippen molar-refractivity contribution in [2.75, 3.05) is 11.5 Å². The minimum absolute atomic E-state index is 0.00897. The van der Waals surface area contributed by atoms with Crippen molar-refractivity contribution in [3.8, 4) is 11.3 Å². The third-order valence-electron chi connectivity index (χ3n) is 5.09. The molecule has 0 spiro atoms. The van der Waals surface area contributed by atoms with Gasteiger partial charge in [0.2, 0.25) is 0 Å². The van der Waals surface area contributed by atoms with Crippen molar-refractivity contribution in [3.63, 3.8) is 0 Å². The largest absolute Gasteiger partial charge is 0.489 e. The third kappa shape index (κ3) is 3.27. The molecule has 1 aliphatic heterocycles. The highest BCUT2D eigenvalue weighted by molar-refractivity contribution is 5.93. The predicted molar refractivity (Wildman–Crippen MR) is 102 cm³/mol. The topological polar surface area (TPSA) is 76.0 Å². The van der Waals surface area contributed by atoms with Crippen LogP contribution in [0.1, 0.15) is 11.6 Å². The highest BCUT2D eigenvalue weighted by Gasteiger charge is 2.37.